The lowest BCUT2D eigenvalue weighted by Gasteiger charge is -2.15. The number of aromatic nitrogens is 4. The number of nitrogens with zero attached hydrogens (tertiary/aromatic N) is 5. The first-order valence-corrected chi connectivity index (χ1v) is 8.08. The van der Waals surface area contributed by atoms with Crippen molar-refractivity contribution in [2.75, 3.05) is 12.8 Å². The number of aryl methyl sites for hydroxylation is 2. The fourth-order valence-corrected chi connectivity index (χ4v) is 3.09. The molecule has 7 nitrogen and oxygen atoms in total. The highest BCUT2D eigenvalue weighted by Gasteiger charge is 2.14. The van der Waals surface area contributed by atoms with E-state index < -0.39 is 0 Å². The van der Waals surface area contributed by atoms with Gasteiger partial charge in [-0.2, -0.15) is 5.10 Å². The van der Waals surface area contributed by atoms with Crippen LogP contribution in [0.15, 0.2) is 34.1 Å². The number of carbonyl (C=O) groups excluding carboxylic acids is 1. The van der Waals surface area contributed by atoms with Crippen molar-refractivity contribution in [2.45, 2.75) is 18.5 Å². The fourth-order valence-electron chi connectivity index (χ4n) is 2.19. The molecule has 0 aliphatic rings. The molecule has 3 rings (SSSR count). The van der Waals surface area contributed by atoms with Crippen LogP contribution in [0.25, 0.3) is 11.0 Å². The van der Waals surface area contributed by atoms with Crippen LogP contribution in [0.1, 0.15) is 11.5 Å². The van der Waals surface area contributed by atoms with Crippen LogP contribution in [0.4, 0.5) is 0 Å². The van der Waals surface area contributed by atoms with E-state index in [2.05, 4.69) is 15.1 Å². The zero-order chi connectivity index (χ0) is 16.4. The molecule has 0 aliphatic heterocycles. The lowest BCUT2D eigenvalue weighted by Crippen LogP contribution is -2.27. The molecule has 1 amide bonds. The predicted molar refractivity (Wildman–Crippen MR) is 86.9 cm³/mol. The van der Waals surface area contributed by atoms with Gasteiger partial charge in [0.2, 0.25) is 5.91 Å². The van der Waals surface area contributed by atoms with E-state index in [1.54, 1.807) is 22.8 Å². The molecule has 3 aromatic rings. The molecule has 0 saturated carbocycles. The summed E-state index contributed by atoms with van der Waals surface area (Å²) in [6, 6.07) is 3.78. The lowest BCUT2D eigenvalue weighted by atomic mass is 10.4. The zero-order valence-corrected chi connectivity index (χ0v) is 14.0. The van der Waals surface area contributed by atoms with Crippen molar-refractivity contribution < 1.29 is 9.21 Å². The third-order valence-electron chi connectivity index (χ3n) is 3.44. The molecule has 23 heavy (non-hydrogen) atoms. The monoisotopic (exact) mass is 331 g/mol. The molecule has 120 valence electrons. The van der Waals surface area contributed by atoms with Gasteiger partial charge in [-0.25, -0.2) is 9.97 Å². The number of fused-ring (bicyclic) bond motifs is 1. The van der Waals surface area contributed by atoms with Crippen LogP contribution in [0.3, 0.4) is 0 Å². The van der Waals surface area contributed by atoms with E-state index in [1.165, 1.54) is 18.1 Å². The van der Waals surface area contributed by atoms with E-state index in [9.17, 15) is 4.79 Å². The van der Waals surface area contributed by atoms with E-state index >= 15 is 0 Å². The third-order valence-corrected chi connectivity index (χ3v) is 4.43. The molecule has 0 bridgehead atoms. The van der Waals surface area contributed by atoms with Crippen molar-refractivity contribution in [1.29, 1.82) is 0 Å². The third kappa shape index (κ3) is 3.37. The Bertz CT molecular complexity index is 841. The van der Waals surface area contributed by atoms with Crippen LogP contribution in [-0.2, 0) is 18.4 Å². The Labute approximate surface area is 137 Å². The van der Waals surface area contributed by atoms with Crippen molar-refractivity contribution >= 4 is 28.7 Å². The van der Waals surface area contributed by atoms with Crippen molar-refractivity contribution in [2.24, 2.45) is 7.05 Å². The summed E-state index contributed by atoms with van der Waals surface area (Å²) < 4.78 is 7.18. The highest BCUT2D eigenvalue weighted by atomic mass is 32.2. The summed E-state index contributed by atoms with van der Waals surface area (Å²) in [5.41, 5.74) is 0.759. The van der Waals surface area contributed by atoms with Crippen LogP contribution in [0.2, 0.25) is 0 Å². The summed E-state index contributed by atoms with van der Waals surface area (Å²) in [6.45, 7) is 2.34. The Balaban J connectivity index is 1.63. The molecule has 8 heteroatoms. The molecule has 0 fully saturated rings. The first-order valence-electron chi connectivity index (χ1n) is 7.09. The number of rotatable bonds is 5. The molecule has 0 radical (unpaired) electrons. The molecule has 0 unspecified atom stereocenters. The van der Waals surface area contributed by atoms with Crippen LogP contribution in [0.5, 0.6) is 0 Å². The van der Waals surface area contributed by atoms with Gasteiger partial charge in [-0.05, 0) is 19.1 Å². The summed E-state index contributed by atoms with van der Waals surface area (Å²) in [5, 5.41) is 5.79. The molecule has 0 aliphatic carbocycles. The zero-order valence-electron chi connectivity index (χ0n) is 13.2. The Morgan fingerprint density at radius 3 is 2.96 bits per heavy atom. The Hall–Kier alpha value is -2.35. The summed E-state index contributed by atoms with van der Waals surface area (Å²) in [7, 11) is 3.59. The van der Waals surface area contributed by atoms with Gasteiger partial charge in [-0.1, -0.05) is 11.8 Å². The molecule has 0 atom stereocenters. The van der Waals surface area contributed by atoms with Gasteiger partial charge in [0, 0.05) is 14.1 Å². The SMILES string of the molecule is Cc1ccc(CN(C)C(=O)CSc2ncnc3c2cnn3C)o1. The van der Waals surface area contributed by atoms with Gasteiger partial charge >= 0.3 is 0 Å². The van der Waals surface area contributed by atoms with E-state index in [-0.39, 0.29) is 5.91 Å². The number of hydrogen-bond acceptors (Lipinski definition) is 6. The van der Waals surface area contributed by atoms with Crippen molar-refractivity contribution in [3.63, 3.8) is 0 Å². The predicted octanol–water partition coefficient (Wildman–Crippen LogP) is 2.02. The second-order valence-corrected chi connectivity index (χ2v) is 6.20. The number of amides is 1. The quantitative estimate of drug-likeness (QED) is 0.526. The number of thioether (sulfide) groups is 1. The number of carbonyl (C=O) groups is 1. The first-order chi connectivity index (χ1) is 11.0. The fraction of sp³-hybridized carbons (Fsp3) is 0.333. The molecule has 0 N–H and O–H groups in total. The van der Waals surface area contributed by atoms with Crippen LogP contribution >= 0.6 is 11.8 Å². The summed E-state index contributed by atoms with van der Waals surface area (Å²) in [5.74, 6) is 1.94. The molecule has 0 spiro atoms. The van der Waals surface area contributed by atoms with E-state index in [0.29, 0.717) is 12.3 Å². The average molecular weight is 331 g/mol. The Morgan fingerprint density at radius 2 is 2.22 bits per heavy atom. The maximum Gasteiger partial charge on any atom is 0.233 e. The van der Waals surface area contributed by atoms with Gasteiger partial charge in [0.15, 0.2) is 5.65 Å². The number of hydrogen-bond donors (Lipinski definition) is 0. The standard InChI is InChI=1S/C15H17N5O2S/c1-10-4-5-11(22-10)7-19(2)13(21)8-23-15-12-6-18-20(3)14(12)16-9-17-15/h4-6,9H,7-8H2,1-3H3. The molecular formula is C15H17N5O2S. The highest BCUT2D eigenvalue weighted by Crippen LogP contribution is 2.24. The maximum atomic E-state index is 12.3. The average Bonchev–Trinajstić information content (AvgIpc) is 3.11. The number of furan rings is 1. The minimum Gasteiger partial charge on any atom is -0.464 e. The molecular weight excluding hydrogens is 314 g/mol. The van der Waals surface area contributed by atoms with Crippen LogP contribution in [0, 0.1) is 6.92 Å². The van der Waals surface area contributed by atoms with Crippen molar-refractivity contribution in [1.82, 2.24) is 24.6 Å². The maximum absolute atomic E-state index is 12.3. The minimum absolute atomic E-state index is 0.0136. The summed E-state index contributed by atoms with van der Waals surface area (Å²) in [4.78, 5) is 22.4. The molecule has 0 saturated heterocycles. The molecule has 3 aromatic heterocycles. The summed E-state index contributed by atoms with van der Waals surface area (Å²) in [6.07, 6.45) is 3.21. The topological polar surface area (TPSA) is 77.1 Å². The lowest BCUT2D eigenvalue weighted by molar-refractivity contribution is -0.127. The highest BCUT2D eigenvalue weighted by molar-refractivity contribution is 8.00. The normalized spacial score (nSPS) is 11.1. The van der Waals surface area contributed by atoms with E-state index in [0.717, 1.165) is 27.6 Å². The second kappa shape index (κ2) is 6.41. The minimum atomic E-state index is 0.0136. The van der Waals surface area contributed by atoms with Crippen molar-refractivity contribution in [3.8, 4) is 0 Å². The van der Waals surface area contributed by atoms with Crippen LogP contribution in [-0.4, -0.2) is 43.4 Å². The second-order valence-electron chi connectivity index (χ2n) is 5.24. The Morgan fingerprint density at radius 1 is 1.39 bits per heavy atom. The van der Waals surface area contributed by atoms with Gasteiger partial charge in [0.25, 0.3) is 0 Å². The smallest absolute Gasteiger partial charge is 0.233 e. The van der Waals surface area contributed by atoms with Gasteiger partial charge in [-0.3, -0.25) is 9.48 Å². The Kier molecular flexibility index (Phi) is 4.33. The molecule has 3 heterocycles. The van der Waals surface area contributed by atoms with Gasteiger partial charge in [0.1, 0.15) is 22.9 Å². The summed E-state index contributed by atoms with van der Waals surface area (Å²) >= 11 is 1.39. The first kappa shape index (κ1) is 15.5. The van der Waals surface area contributed by atoms with Gasteiger partial charge < -0.3 is 9.32 Å². The van der Waals surface area contributed by atoms with E-state index in [1.807, 2.05) is 26.1 Å². The largest absolute Gasteiger partial charge is 0.464 e. The van der Waals surface area contributed by atoms with Gasteiger partial charge in [0.05, 0.1) is 23.9 Å². The van der Waals surface area contributed by atoms with E-state index in [4.69, 9.17) is 4.42 Å². The van der Waals surface area contributed by atoms with Gasteiger partial charge in [-0.15, -0.1) is 0 Å². The van der Waals surface area contributed by atoms with Crippen LogP contribution < -0.4 is 0 Å². The molecule has 0 aromatic carbocycles. The van der Waals surface area contributed by atoms with Crippen molar-refractivity contribution in [3.05, 3.63) is 36.2 Å².